The van der Waals surface area contributed by atoms with Gasteiger partial charge in [-0.3, -0.25) is 14.6 Å². The number of hydrogen-bond acceptors (Lipinski definition) is 5. The van der Waals surface area contributed by atoms with Crippen LogP contribution in [0.2, 0.25) is 0 Å². The fourth-order valence-corrected chi connectivity index (χ4v) is 3.76. The normalized spacial score (nSPS) is 19.7. The molecule has 0 bridgehead atoms. The lowest BCUT2D eigenvalue weighted by Crippen LogP contribution is -2.48. The molecule has 2 aromatic heterocycles. The predicted molar refractivity (Wildman–Crippen MR) is 102 cm³/mol. The number of carbonyl (C=O) groups is 2. The number of carbonyl (C=O) groups excluding carboxylic acids is 1. The van der Waals surface area contributed by atoms with Crippen molar-refractivity contribution in [3.63, 3.8) is 0 Å². The van der Waals surface area contributed by atoms with Crippen molar-refractivity contribution in [3.05, 3.63) is 47.9 Å². The molecule has 1 unspecified atom stereocenters. The van der Waals surface area contributed by atoms with Crippen molar-refractivity contribution in [2.24, 2.45) is 5.41 Å². The first-order chi connectivity index (χ1) is 13.4. The summed E-state index contributed by atoms with van der Waals surface area (Å²) in [5, 5.41) is 18.7. The fourth-order valence-electron chi connectivity index (χ4n) is 3.76. The molecule has 8 heteroatoms. The average Bonchev–Trinajstić information content (AvgIpc) is 3.08. The van der Waals surface area contributed by atoms with Crippen molar-refractivity contribution in [3.8, 4) is 5.69 Å². The molecule has 0 spiro atoms. The number of aromatic nitrogens is 4. The molecule has 1 aliphatic rings. The Balaban J connectivity index is 1.69. The minimum absolute atomic E-state index is 0.172. The quantitative estimate of drug-likeness (QED) is 0.750. The highest BCUT2D eigenvalue weighted by Crippen LogP contribution is 2.31. The van der Waals surface area contributed by atoms with Gasteiger partial charge in [-0.2, -0.15) is 0 Å². The third-order valence-electron chi connectivity index (χ3n) is 5.45. The number of fused-ring (bicyclic) bond motifs is 1. The molecule has 28 heavy (non-hydrogen) atoms. The first-order valence-electron chi connectivity index (χ1n) is 9.20. The Labute approximate surface area is 161 Å². The Morgan fingerprint density at radius 2 is 2.04 bits per heavy atom. The number of rotatable bonds is 3. The Bertz CT molecular complexity index is 1070. The Morgan fingerprint density at radius 1 is 1.21 bits per heavy atom. The lowest BCUT2D eigenvalue weighted by atomic mass is 9.82. The molecule has 0 radical (unpaired) electrons. The number of nitrogens with zero attached hydrogens (tertiary/aromatic N) is 5. The van der Waals surface area contributed by atoms with E-state index >= 15 is 0 Å². The molecule has 1 aromatic carbocycles. The Hall–Kier alpha value is -3.29. The first kappa shape index (κ1) is 18.1. The first-order valence-corrected chi connectivity index (χ1v) is 9.20. The van der Waals surface area contributed by atoms with Gasteiger partial charge in [0.05, 0.1) is 22.3 Å². The molecule has 1 atom stereocenters. The number of benzene rings is 1. The van der Waals surface area contributed by atoms with Gasteiger partial charge < -0.3 is 10.0 Å². The van der Waals surface area contributed by atoms with Gasteiger partial charge in [0, 0.05) is 24.7 Å². The largest absolute Gasteiger partial charge is 0.481 e. The van der Waals surface area contributed by atoms with Crippen molar-refractivity contribution in [1.82, 2.24) is 24.9 Å². The summed E-state index contributed by atoms with van der Waals surface area (Å²) in [4.78, 5) is 30.6. The van der Waals surface area contributed by atoms with Gasteiger partial charge in [-0.25, -0.2) is 4.68 Å². The maximum Gasteiger partial charge on any atom is 0.311 e. The number of amides is 1. The van der Waals surface area contributed by atoms with E-state index in [4.69, 9.17) is 0 Å². The maximum atomic E-state index is 13.0. The topological polar surface area (TPSA) is 101 Å². The van der Waals surface area contributed by atoms with E-state index in [1.165, 1.54) is 0 Å². The van der Waals surface area contributed by atoms with Gasteiger partial charge in [-0.15, -0.1) is 5.10 Å². The van der Waals surface area contributed by atoms with E-state index in [1.54, 1.807) is 29.6 Å². The summed E-state index contributed by atoms with van der Waals surface area (Å²) in [5.74, 6) is -1.16. The SMILES string of the molecule is Cc1c(C(=O)N2CCCC(C)(C(=O)O)C2)nnn1-c1cccc2ncccc12. The zero-order chi connectivity index (χ0) is 19.9. The van der Waals surface area contributed by atoms with Gasteiger partial charge in [0.25, 0.3) is 5.91 Å². The second-order valence-electron chi connectivity index (χ2n) is 7.48. The molecule has 4 rings (SSSR count). The van der Waals surface area contributed by atoms with Gasteiger partial charge in [-0.05, 0) is 51.0 Å². The lowest BCUT2D eigenvalue weighted by Gasteiger charge is -2.37. The Morgan fingerprint density at radius 3 is 2.82 bits per heavy atom. The van der Waals surface area contributed by atoms with Crippen LogP contribution in [0.4, 0.5) is 0 Å². The third-order valence-corrected chi connectivity index (χ3v) is 5.45. The summed E-state index contributed by atoms with van der Waals surface area (Å²) in [6.07, 6.45) is 2.93. The number of aliphatic carboxylic acids is 1. The van der Waals surface area contributed by atoms with E-state index in [9.17, 15) is 14.7 Å². The van der Waals surface area contributed by atoms with Gasteiger partial charge >= 0.3 is 5.97 Å². The van der Waals surface area contributed by atoms with Gasteiger partial charge in [-0.1, -0.05) is 11.3 Å². The molecule has 1 aliphatic heterocycles. The van der Waals surface area contributed by atoms with E-state index in [2.05, 4.69) is 15.3 Å². The van der Waals surface area contributed by atoms with Crippen LogP contribution >= 0.6 is 0 Å². The second kappa shape index (κ2) is 6.70. The van der Waals surface area contributed by atoms with Crippen LogP contribution in [-0.4, -0.2) is 55.0 Å². The van der Waals surface area contributed by atoms with Gasteiger partial charge in [0.1, 0.15) is 0 Å². The van der Waals surface area contributed by atoms with Crippen molar-refractivity contribution < 1.29 is 14.7 Å². The van der Waals surface area contributed by atoms with Crippen molar-refractivity contribution in [2.45, 2.75) is 26.7 Å². The average molecular weight is 379 g/mol. The number of likely N-dealkylation sites (tertiary alicyclic amines) is 1. The molecule has 1 amide bonds. The predicted octanol–water partition coefficient (Wildman–Crippen LogP) is 2.45. The molecule has 3 aromatic rings. The standard InChI is InChI=1S/C20H21N5O3/c1-13-17(18(26)24-11-5-9-20(2,12-24)19(27)28)22-23-25(13)16-8-3-7-15-14(16)6-4-10-21-15/h3-4,6-8,10H,5,9,11-12H2,1-2H3,(H,27,28). The zero-order valence-corrected chi connectivity index (χ0v) is 15.8. The highest BCUT2D eigenvalue weighted by molar-refractivity contribution is 5.94. The van der Waals surface area contributed by atoms with Crippen LogP contribution in [0.3, 0.4) is 0 Å². The summed E-state index contributed by atoms with van der Waals surface area (Å²) < 4.78 is 1.64. The summed E-state index contributed by atoms with van der Waals surface area (Å²) in [7, 11) is 0. The molecule has 1 N–H and O–H groups in total. The van der Waals surface area contributed by atoms with Crippen LogP contribution in [0.5, 0.6) is 0 Å². The molecule has 0 aliphatic carbocycles. The molecule has 3 heterocycles. The third kappa shape index (κ3) is 2.90. The molecule has 0 saturated carbocycles. The van der Waals surface area contributed by atoms with Gasteiger partial charge in [0.2, 0.25) is 0 Å². The van der Waals surface area contributed by atoms with Crippen molar-refractivity contribution in [2.75, 3.05) is 13.1 Å². The number of hydrogen-bond donors (Lipinski definition) is 1. The molecule has 8 nitrogen and oxygen atoms in total. The minimum atomic E-state index is -0.931. The maximum absolute atomic E-state index is 13.0. The van der Waals surface area contributed by atoms with Crippen LogP contribution in [-0.2, 0) is 4.79 Å². The van der Waals surface area contributed by atoms with E-state index in [0.717, 1.165) is 16.6 Å². The highest BCUT2D eigenvalue weighted by atomic mass is 16.4. The fraction of sp³-hybridized carbons (Fsp3) is 0.350. The summed E-state index contributed by atoms with van der Waals surface area (Å²) in [5.41, 5.74) is 1.55. The molecule has 1 fully saturated rings. The minimum Gasteiger partial charge on any atom is -0.481 e. The molecule has 1 saturated heterocycles. The van der Waals surface area contributed by atoms with Crippen LogP contribution in [0.15, 0.2) is 36.5 Å². The lowest BCUT2D eigenvalue weighted by molar-refractivity contribution is -0.150. The second-order valence-corrected chi connectivity index (χ2v) is 7.48. The van der Waals surface area contributed by atoms with Crippen LogP contribution in [0.25, 0.3) is 16.6 Å². The van der Waals surface area contributed by atoms with Crippen LogP contribution in [0, 0.1) is 12.3 Å². The summed E-state index contributed by atoms with van der Waals surface area (Å²) in [6, 6.07) is 9.50. The van der Waals surface area contributed by atoms with Crippen molar-refractivity contribution in [1.29, 1.82) is 0 Å². The van der Waals surface area contributed by atoms with E-state index in [0.29, 0.717) is 25.1 Å². The molecule has 144 valence electrons. The zero-order valence-electron chi connectivity index (χ0n) is 15.8. The molecular weight excluding hydrogens is 358 g/mol. The van der Waals surface area contributed by atoms with E-state index in [-0.39, 0.29) is 18.1 Å². The number of carboxylic acid groups (broad SMARTS) is 1. The Kier molecular flexibility index (Phi) is 4.33. The number of carboxylic acids is 1. The van der Waals surface area contributed by atoms with Crippen molar-refractivity contribution >= 4 is 22.8 Å². The highest BCUT2D eigenvalue weighted by Gasteiger charge is 2.40. The van der Waals surface area contributed by atoms with Crippen LogP contribution in [0.1, 0.15) is 35.9 Å². The van der Waals surface area contributed by atoms with Gasteiger partial charge in [0.15, 0.2) is 5.69 Å². The van der Waals surface area contributed by atoms with E-state index in [1.807, 2.05) is 30.3 Å². The van der Waals surface area contributed by atoms with E-state index < -0.39 is 11.4 Å². The number of piperidine rings is 1. The monoisotopic (exact) mass is 379 g/mol. The molecular formula is C20H21N5O3. The smallest absolute Gasteiger partial charge is 0.311 e. The summed E-state index contributed by atoms with van der Waals surface area (Å²) in [6.45, 7) is 4.17. The summed E-state index contributed by atoms with van der Waals surface area (Å²) >= 11 is 0. The number of pyridine rings is 1. The van der Waals surface area contributed by atoms with Crippen LogP contribution < -0.4 is 0 Å².